The molecular formula is C14H15F2N3O. The number of rotatable bonds is 2. The molecule has 0 spiro atoms. The van der Waals surface area contributed by atoms with E-state index in [9.17, 15) is 13.6 Å². The van der Waals surface area contributed by atoms with Crippen molar-refractivity contribution in [1.82, 2.24) is 4.90 Å². The molecule has 0 saturated carbocycles. The molecule has 2 unspecified atom stereocenters. The SMILES string of the molecule is CC(C#N)N1CCC(C)N(c2c(F)cccc2F)C1=O. The quantitative estimate of drug-likeness (QED) is 0.835. The molecule has 0 aromatic heterocycles. The lowest BCUT2D eigenvalue weighted by Crippen LogP contribution is -2.56. The lowest BCUT2D eigenvalue weighted by Gasteiger charge is -2.41. The van der Waals surface area contributed by atoms with Gasteiger partial charge in [0, 0.05) is 12.6 Å². The molecule has 1 saturated heterocycles. The fraction of sp³-hybridized carbons (Fsp3) is 0.429. The van der Waals surface area contributed by atoms with E-state index in [0.717, 1.165) is 17.0 Å². The Kier molecular flexibility index (Phi) is 3.89. The van der Waals surface area contributed by atoms with Crippen LogP contribution in [0.2, 0.25) is 0 Å². The van der Waals surface area contributed by atoms with Crippen molar-refractivity contribution in [2.75, 3.05) is 11.4 Å². The molecule has 2 atom stereocenters. The molecule has 0 radical (unpaired) electrons. The van der Waals surface area contributed by atoms with Crippen molar-refractivity contribution in [3.8, 4) is 6.07 Å². The topological polar surface area (TPSA) is 47.3 Å². The van der Waals surface area contributed by atoms with E-state index in [1.807, 2.05) is 6.07 Å². The van der Waals surface area contributed by atoms with E-state index in [2.05, 4.69) is 0 Å². The third-order valence-corrected chi connectivity index (χ3v) is 3.51. The fourth-order valence-electron chi connectivity index (χ4n) is 2.34. The van der Waals surface area contributed by atoms with Gasteiger partial charge in [-0.3, -0.25) is 4.90 Å². The first-order valence-electron chi connectivity index (χ1n) is 6.40. The van der Waals surface area contributed by atoms with Crippen LogP contribution in [0.25, 0.3) is 0 Å². The van der Waals surface area contributed by atoms with E-state index in [1.165, 1.54) is 11.0 Å². The van der Waals surface area contributed by atoms with Crippen LogP contribution in [0.4, 0.5) is 19.3 Å². The molecule has 1 fully saturated rings. The van der Waals surface area contributed by atoms with E-state index in [0.29, 0.717) is 13.0 Å². The Morgan fingerprint density at radius 2 is 2.00 bits per heavy atom. The maximum Gasteiger partial charge on any atom is 0.325 e. The van der Waals surface area contributed by atoms with Gasteiger partial charge in [-0.05, 0) is 32.4 Å². The van der Waals surface area contributed by atoms with Crippen molar-refractivity contribution in [3.05, 3.63) is 29.8 Å². The van der Waals surface area contributed by atoms with Crippen molar-refractivity contribution < 1.29 is 13.6 Å². The highest BCUT2D eigenvalue weighted by Crippen LogP contribution is 2.30. The number of hydrogen-bond donors (Lipinski definition) is 0. The van der Waals surface area contributed by atoms with Crippen molar-refractivity contribution in [1.29, 1.82) is 5.26 Å². The van der Waals surface area contributed by atoms with E-state index in [4.69, 9.17) is 5.26 Å². The van der Waals surface area contributed by atoms with Crippen molar-refractivity contribution >= 4 is 11.7 Å². The summed E-state index contributed by atoms with van der Waals surface area (Å²) in [5.41, 5.74) is -0.347. The van der Waals surface area contributed by atoms with Crippen LogP contribution in [-0.2, 0) is 0 Å². The summed E-state index contributed by atoms with van der Waals surface area (Å²) in [4.78, 5) is 14.8. The first-order valence-corrected chi connectivity index (χ1v) is 6.40. The van der Waals surface area contributed by atoms with Crippen LogP contribution in [0.5, 0.6) is 0 Å². The highest BCUT2D eigenvalue weighted by molar-refractivity contribution is 5.94. The van der Waals surface area contributed by atoms with Gasteiger partial charge in [-0.1, -0.05) is 6.07 Å². The van der Waals surface area contributed by atoms with Crippen molar-refractivity contribution in [2.45, 2.75) is 32.4 Å². The van der Waals surface area contributed by atoms with Gasteiger partial charge in [0.25, 0.3) is 0 Å². The minimum absolute atomic E-state index is 0.323. The molecule has 2 rings (SSSR count). The highest BCUT2D eigenvalue weighted by atomic mass is 19.1. The van der Waals surface area contributed by atoms with Gasteiger partial charge in [-0.2, -0.15) is 5.26 Å². The molecule has 2 amide bonds. The number of benzene rings is 1. The van der Waals surface area contributed by atoms with Crippen LogP contribution in [-0.4, -0.2) is 29.6 Å². The van der Waals surface area contributed by atoms with Crippen LogP contribution in [0.15, 0.2) is 18.2 Å². The molecular weight excluding hydrogens is 264 g/mol. The Labute approximate surface area is 116 Å². The monoisotopic (exact) mass is 279 g/mol. The lowest BCUT2D eigenvalue weighted by molar-refractivity contribution is 0.179. The Bertz CT molecular complexity index is 550. The summed E-state index contributed by atoms with van der Waals surface area (Å²) in [5.74, 6) is -1.56. The number of nitriles is 1. The molecule has 106 valence electrons. The van der Waals surface area contributed by atoms with Gasteiger partial charge >= 0.3 is 6.03 Å². The number of halogens is 2. The predicted octanol–water partition coefficient (Wildman–Crippen LogP) is 2.90. The second-order valence-corrected chi connectivity index (χ2v) is 4.86. The second-order valence-electron chi connectivity index (χ2n) is 4.86. The largest absolute Gasteiger partial charge is 0.325 e. The first kappa shape index (κ1) is 14.3. The molecule has 0 aliphatic carbocycles. The molecule has 6 heteroatoms. The number of hydrogen-bond acceptors (Lipinski definition) is 2. The van der Waals surface area contributed by atoms with Crippen LogP contribution >= 0.6 is 0 Å². The van der Waals surface area contributed by atoms with Crippen molar-refractivity contribution in [3.63, 3.8) is 0 Å². The Balaban J connectivity index is 2.43. The van der Waals surface area contributed by atoms with Crippen molar-refractivity contribution in [2.24, 2.45) is 0 Å². The molecule has 1 aromatic carbocycles. The molecule has 0 bridgehead atoms. The Morgan fingerprint density at radius 1 is 1.40 bits per heavy atom. The summed E-state index contributed by atoms with van der Waals surface area (Å²) >= 11 is 0. The summed E-state index contributed by atoms with van der Waals surface area (Å²) in [7, 11) is 0. The van der Waals surface area contributed by atoms with E-state index >= 15 is 0 Å². The number of amides is 2. The number of anilines is 1. The molecule has 1 heterocycles. The van der Waals surface area contributed by atoms with Gasteiger partial charge in [0.05, 0.1) is 6.07 Å². The van der Waals surface area contributed by atoms with Crippen LogP contribution < -0.4 is 4.90 Å². The smallest absolute Gasteiger partial charge is 0.309 e. The molecule has 1 aromatic rings. The zero-order valence-corrected chi connectivity index (χ0v) is 11.3. The number of urea groups is 1. The standard InChI is InChI=1S/C14H15F2N3O/c1-9-6-7-18(10(2)8-17)14(20)19(9)13-11(15)4-3-5-12(13)16/h3-5,9-10H,6-7H2,1-2H3. The van der Waals surface area contributed by atoms with Crippen LogP contribution in [0.1, 0.15) is 20.3 Å². The average molecular weight is 279 g/mol. The second kappa shape index (κ2) is 5.45. The lowest BCUT2D eigenvalue weighted by atomic mass is 10.1. The number of nitrogens with zero attached hydrogens (tertiary/aromatic N) is 3. The Morgan fingerprint density at radius 3 is 2.55 bits per heavy atom. The molecule has 4 nitrogen and oxygen atoms in total. The van der Waals surface area contributed by atoms with Gasteiger partial charge in [0.1, 0.15) is 23.4 Å². The zero-order chi connectivity index (χ0) is 14.9. The van der Waals surface area contributed by atoms with Gasteiger partial charge in [-0.25, -0.2) is 13.6 Å². The normalized spacial score (nSPS) is 20.8. The first-order chi connectivity index (χ1) is 9.47. The fourth-order valence-corrected chi connectivity index (χ4v) is 2.34. The summed E-state index contributed by atoms with van der Waals surface area (Å²) in [6.45, 7) is 3.73. The summed E-state index contributed by atoms with van der Waals surface area (Å²) in [5, 5.41) is 8.93. The summed E-state index contributed by atoms with van der Waals surface area (Å²) in [6.07, 6.45) is 0.547. The predicted molar refractivity (Wildman–Crippen MR) is 70.1 cm³/mol. The molecule has 20 heavy (non-hydrogen) atoms. The van der Waals surface area contributed by atoms with E-state index in [1.54, 1.807) is 13.8 Å². The Hall–Kier alpha value is -2.16. The van der Waals surface area contributed by atoms with E-state index in [-0.39, 0.29) is 11.7 Å². The van der Waals surface area contributed by atoms with Gasteiger partial charge in [-0.15, -0.1) is 0 Å². The number of carbonyl (C=O) groups excluding carboxylic acids is 1. The maximum atomic E-state index is 13.9. The van der Waals surface area contributed by atoms with E-state index < -0.39 is 23.7 Å². The third kappa shape index (κ3) is 2.31. The number of para-hydroxylation sites is 1. The van der Waals surface area contributed by atoms with Gasteiger partial charge in [0.2, 0.25) is 0 Å². The van der Waals surface area contributed by atoms with Crippen LogP contribution in [0, 0.1) is 23.0 Å². The highest BCUT2D eigenvalue weighted by Gasteiger charge is 2.36. The van der Waals surface area contributed by atoms with Crippen LogP contribution in [0.3, 0.4) is 0 Å². The average Bonchev–Trinajstić information content (AvgIpc) is 2.41. The third-order valence-electron chi connectivity index (χ3n) is 3.51. The number of carbonyl (C=O) groups is 1. The molecule has 1 aliphatic heterocycles. The summed E-state index contributed by atoms with van der Waals surface area (Å²) < 4.78 is 27.7. The summed E-state index contributed by atoms with van der Waals surface area (Å²) in [6, 6.07) is 3.96. The zero-order valence-electron chi connectivity index (χ0n) is 11.3. The molecule has 1 aliphatic rings. The minimum Gasteiger partial charge on any atom is -0.309 e. The minimum atomic E-state index is -0.781. The van der Waals surface area contributed by atoms with Gasteiger partial charge < -0.3 is 4.90 Å². The van der Waals surface area contributed by atoms with Gasteiger partial charge in [0.15, 0.2) is 0 Å². The molecule has 0 N–H and O–H groups in total. The maximum absolute atomic E-state index is 13.9.